The highest BCUT2D eigenvalue weighted by atomic mass is 16.5. The molecule has 0 saturated carbocycles. The molecule has 1 amide bonds. The first-order valence-electron chi connectivity index (χ1n) is 10.5. The van der Waals surface area contributed by atoms with E-state index in [0.717, 1.165) is 11.1 Å². The van der Waals surface area contributed by atoms with E-state index in [1.165, 1.54) is 6.92 Å². The average Bonchev–Trinajstić information content (AvgIpc) is 3.15. The molecule has 2 N–H and O–H groups in total. The molecule has 0 unspecified atom stereocenters. The van der Waals surface area contributed by atoms with E-state index >= 15 is 0 Å². The summed E-state index contributed by atoms with van der Waals surface area (Å²) >= 11 is 0. The van der Waals surface area contributed by atoms with Crippen LogP contribution in [-0.4, -0.2) is 30.6 Å². The minimum absolute atomic E-state index is 0.0361. The van der Waals surface area contributed by atoms with Gasteiger partial charge in [-0.3, -0.25) is 14.4 Å². The number of amides is 1. The molecule has 0 aliphatic carbocycles. The third-order valence-electron chi connectivity index (χ3n) is 5.25. The first kappa shape index (κ1) is 22.3. The predicted molar refractivity (Wildman–Crippen MR) is 118 cm³/mol. The summed E-state index contributed by atoms with van der Waals surface area (Å²) in [5, 5.41) is 5.96. The molecule has 6 heteroatoms. The van der Waals surface area contributed by atoms with Gasteiger partial charge in [-0.25, -0.2) is 0 Å². The molecule has 0 radical (unpaired) electrons. The Kier molecular flexibility index (Phi) is 7.23. The minimum atomic E-state index is -0.776. The molecular formula is C25H28N2O4. The summed E-state index contributed by atoms with van der Waals surface area (Å²) in [6, 6.07) is 19.8. The van der Waals surface area contributed by atoms with Crippen molar-refractivity contribution in [3.63, 3.8) is 0 Å². The number of Topliss-reactive ketones (excluding diaryl/α,β-unsaturated/α-hetero) is 2. The number of hydrogen-bond acceptors (Lipinski definition) is 5. The third-order valence-corrected chi connectivity index (χ3v) is 5.25. The molecule has 3 rings (SSSR count). The van der Waals surface area contributed by atoms with Gasteiger partial charge in [0.2, 0.25) is 5.91 Å². The standard InChI is InChI=1S/C25H28N2O4/c1-18(28)16-23(30)26-14-9-15-27-24-22(19(2)29)17-25(31-24,20-10-5-3-6-11-20)21-12-7-4-8-13-21/h3-8,10-13,27H,9,14-17H2,1-2H3,(H,26,30). The molecule has 1 aliphatic heterocycles. The van der Waals surface area contributed by atoms with Crippen molar-refractivity contribution in [2.24, 2.45) is 0 Å². The fourth-order valence-corrected chi connectivity index (χ4v) is 3.74. The lowest BCUT2D eigenvalue weighted by Gasteiger charge is -2.31. The van der Waals surface area contributed by atoms with Crippen LogP contribution >= 0.6 is 0 Å². The molecule has 0 spiro atoms. The first-order chi connectivity index (χ1) is 14.9. The summed E-state index contributed by atoms with van der Waals surface area (Å²) in [6.07, 6.45) is 0.965. The largest absolute Gasteiger partial charge is 0.462 e. The molecule has 0 saturated heterocycles. The third kappa shape index (κ3) is 5.40. The Bertz CT molecular complexity index is 928. The van der Waals surface area contributed by atoms with Crippen molar-refractivity contribution in [1.29, 1.82) is 0 Å². The lowest BCUT2D eigenvalue weighted by Crippen LogP contribution is -2.31. The van der Waals surface area contributed by atoms with Crippen LogP contribution in [0.3, 0.4) is 0 Å². The van der Waals surface area contributed by atoms with Gasteiger partial charge in [0.25, 0.3) is 0 Å². The number of ether oxygens (including phenoxy) is 1. The van der Waals surface area contributed by atoms with Crippen LogP contribution in [0.4, 0.5) is 0 Å². The smallest absolute Gasteiger partial charge is 0.227 e. The lowest BCUT2D eigenvalue weighted by molar-refractivity contribution is -0.127. The van der Waals surface area contributed by atoms with Crippen LogP contribution in [0.2, 0.25) is 0 Å². The fraction of sp³-hybridized carbons (Fsp3) is 0.320. The number of nitrogens with one attached hydrogen (secondary N) is 2. The normalized spacial score (nSPS) is 14.6. The average molecular weight is 421 g/mol. The zero-order valence-corrected chi connectivity index (χ0v) is 17.9. The quantitative estimate of drug-likeness (QED) is 0.455. The lowest BCUT2D eigenvalue weighted by atomic mass is 9.82. The Balaban J connectivity index is 1.73. The molecule has 6 nitrogen and oxygen atoms in total. The van der Waals surface area contributed by atoms with E-state index in [1.807, 2.05) is 60.7 Å². The molecule has 0 bridgehead atoms. The van der Waals surface area contributed by atoms with E-state index in [2.05, 4.69) is 10.6 Å². The van der Waals surface area contributed by atoms with Gasteiger partial charge in [-0.1, -0.05) is 60.7 Å². The number of carbonyl (C=O) groups excluding carboxylic acids is 3. The van der Waals surface area contributed by atoms with Crippen LogP contribution in [0.5, 0.6) is 0 Å². The van der Waals surface area contributed by atoms with E-state index in [0.29, 0.717) is 37.4 Å². The summed E-state index contributed by atoms with van der Waals surface area (Å²) in [7, 11) is 0. The van der Waals surface area contributed by atoms with E-state index < -0.39 is 5.60 Å². The van der Waals surface area contributed by atoms with Crippen molar-refractivity contribution in [2.45, 2.75) is 38.7 Å². The zero-order chi connectivity index (χ0) is 22.3. The van der Waals surface area contributed by atoms with Crippen molar-refractivity contribution < 1.29 is 19.1 Å². The maximum atomic E-state index is 12.4. The Labute approximate surface area is 182 Å². The summed E-state index contributed by atoms with van der Waals surface area (Å²) in [5.74, 6) is 0.00564. The second-order valence-corrected chi connectivity index (χ2v) is 7.71. The molecule has 0 fully saturated rings. The zero-order valence-electron chi connectivity index (χ0n) is 17.9. The van der Waals surface area contributed by atoms with Crippen molar-refractivity contribution >= 4 is 17.5 Å². The maximum absolute atomic E-state index is 12.4. The highest BCUT2D eigenvalue weighted by Gasteiger charge is 2.45. The number of carbonyl (C=O) groups is 3. The molecule has 2 aromatic carbocycles. The summed E-state index contributed by atoms with van der Waals surface area (Å²) in [5.41, 5.74) is 1.80. The molecule has 2 aromatic rings. The van der Waals surface area contributed by atoms with Crippen LogP contribution in [0.25, 0.3) is 0 Å². The van der Waals surface area contributed by atoms with Gasteiger partial charge in [0.1, 0.15) is 5.78 Å². The highest BCUT2D eigenvalue weighted by Crippen LogP contribution is 2.46. The van der Waals surface area contributed by atoms with E-state index in [-0.39, 0.29) is 23.9 Å². The van der Waals surface area contributed by atoms with Crippen LogP contribution < -0.4 is 10.6 Å². The Morgan fingerprint density at radius 1 is 0.903 bits per heavy atom. The van der Waals surface area contributed by atoms with Crippen LogP contribution in [-0.2, 0) is 24.7 Å². The second-order valence-electron chi connectivity index (χ2n) is 7.71. The monoisotopic (exact) mass is 420 g/mol. The summed E-state index contributed by atoms with van der Waals surface area (Å²) in [4.78, 5) is 35.0. The van der Waals surface area contributed by atoms with Gasteiger partial charge in [0.05, 0.1) is 12.0 Å². The Hall–Kier alpha value is -3.41. The molecule has 1 aliphatic rings. The van der Waals surface area contributed by atoms with Gasteiger partial charge in [-0.2, -0.15) is 0 Å². The first-order valence-corrected chi connectivity index (χ1v) is 10.5. The Morgan fingerprint density at radius 2 is 1.48 bits per heavy atom. The summed E-state index contributed by atoms with van der Waals surface area (Å²) in [6.45, 7) is 3.89. The van der Waals surface area contributed by atoms with Crippen molar-refractivity contribution in [3.8, 4) is 0 Å². The van der Waals surface area contributed by atoms with Crippen LogP contribution in [0.1, 0.15) is 44.2 Å². The topological polar surface area (TPSA) is 84.5 Å². The number of hydrogen-bond donors (Lipinski definition) is 2. The Morgan fingerprint density at radius 3 is 2.00 bits per heavy atom. The van der Waals surface area contributed by atoms with Gasteiger partial charge in [-0.05, 0) is 20.3 Å². The molecule has 1 heterocycles. The van der Waals surface area contributed by atoms with Gasteiger partial charge in [0, 0.05) is 30.6 Å². The van der Waals surface area contributed by atoms with Gasteiger partial charge < -0.3 is 15.4 Å². The molecule has 0 atom stereocenters. The molecule has 31 heavy (non-hydrogen) atoms. The fourth-order valence-electron chi connectivity index (χ4n) is 3.74. The molecular weight excluding hydrogens is 392 g/mol. The van der Waals surface area contributed by atoms with Crippen LogP contribution in [0, 0.1) is 0 Å². The number of benzene rings is 2. The minimum Gasteiger partial charge on any atom is -0.462 e. The van der Waals surface area contributed by atoms with E-state index in [4.69, 9.17) is 4.74 Å². The highest BCUT2D eigenvalue weighted by molar-refractivity contribution is 5.96. The predicted octanol–water partition coefficient (Wildman–Crippen LogP) is 3.23. The second kappa shape index (κ2) is 10.1. The molecule has 0 aromatic heterocycles. The number of ketones is 2. The van der Waals surface area contributed by atoms with Crippen molar-refractivity contribution in [3.05, 3.63) is 83.2 Å². The van der Waals surface area contributed by atoms with Crippen molar-refractivity contribution in [1.82, 2.24) is 10.6 Å². The van der Waals surface area contributed by atoms with E-state index in [1.54, 1.807) is 6.92 Å². The SMILES string of the molecule is CC(=O)CC(=O)NCCCNC1=C(C(C)=O)CC(c2ccccc2)(c2ccccc2)O1. The van der Waals surface area contributed by atoms with Gasteiger partial charge in [-0.15, -0.1) is 0 Å². The number of rotatable bonds is 10. The maximum Gasteiger partial charge on any atom is 0.227 e. The van der Waals surface area contributed by atoms with E-state index in [9.17, 15) is 14.4 Å². The summed E-state index contributed by atoms with van der Waals surface area (Å²) < 4.78 is 6.49. The molecule has 162 valence electrons. The van der Waals surface area contributed by atoms with Crippen molar-refractivity contribution in [2.75, 3.05) is 13.1 Å². The van der Waals surface area contributed by atoms with Crippen LogP contribution in [0.15, 0.2) is 72.1 Å². The van der Waals surface area contributed by atoms with Gasteiger partial charge >= 0.3 is 0 Å². The van der Waals surface area contributed by atoms with Gasteiger partial charge in [0.15, 0.2) is 17.3 Å².